The number of carbonyl (C=O) groups excluding carboxylic acids is 1. The highest BCUT2D eigenvalue weighted by atomic mass is 16.4. The van der Waals surface area contributed by atoms with Gasteiger partial charge in [0.2, 0.25) is 0 Å². The van der Waals surface area contributed by atoms with Crippen LogP contribution >= 0.6 is 0 Å². The van der Waals surface area contributed by atoms with Crippen molar-refractivity contribution in [3.63, 3.8) is 0 Å². The Bertz CT molecular complexity index is 436. The van der Waals surface area contributed by atoms with E-state index in [1.54, 1.807) is 40.1 Å². The normalized spacial score (nSPS) is 14.5. The molecular formula is C12H20N4O3. The summed E-state index contributed by atoms with van der Waals surface area (Å²) >= 11 is 0. The first-order chi connectivity index (χ1) is 8.71. The molecule has 106 valence electrons. The molecule has 0 aliphatic rings. The largest absolute Gasteiger partial charge is 0.480 e. The van der Waals surface area contributed by atoms with E-state index in [1.807, 2.05) is 0 Å². The van der Waals surface area contributed by atoms with Crippen LogP contribution in [0, 0.1) is 5.41 Å². The Labute approximate surface area is 111 Å². The third-order valence-electron chi connectivity index (χ3n) is 2.76. The molecule has 7 heteroatoms. The molecular weight excluding hydrogens is 248 g/mol. The van der Waals surface area contributed by atoms with Crippen molar-refractivity contribution in [2.45, 2.75) is 39.8 Å². The molecule has 0 bridgehead atoms. The summed E-state index contributed by atoms with van der Waals surface area (Å²) < 4.78 is 0. The van der Waals surface area contributed by atoms with Gasteiger partial charge in [-0.3, -0.25) is 5.10 Å². The van der Waals surface area contributed by atoms with Gasteiger partial charge in [-0.25, -0.2) is 9.59 Å². The van der Waals surface area contributed by atoms with Crippen molar-refractivity contribution >= 4 is 12.0 Å². The fraction of sp³-hybridized carbons (Fsp3) is 0.583. The van der Waals surface area contributed by atoms with E-state index < -0.39 is 23.5 Å². The molecule has 4 N–H and O–H groups in total. The summed E-state index contributed by atoms with van der Waals surface area (Å²) in [5.74, 6) is -1.06. The van der Waals surface area contributed by atoms with Gasteiger partial charge in [-0.05, 0) is 12.3 Å². The van der Waals surface area contributed by atoms with Crippen LogP contribution in [0.3, 0.4) is 0 Å². The van der Waals surface area contributed by atoms with E-state index in [0.29, 0.717) is 0 Å². The Balaban J connectivity index is 2.61. The number of H-pyrrole nitrogens is 1. The van der Waals surface area contributed by atoms with Gasteiger partial charge in [0.25, 0.3) is 0 Å². The van der Waals surface area contributed by atoms with Crippen molar-refractivity contribution in [3.05, 3.63) is 18.0 Å². The van der Waals surface area contributed by atoms with Crippen LogP contribution in [0.25, 0.3) is 0 Å². The van der Waals surface area contributed by atoms with Gasteiger partial charge >= 0.3 is 12.0 Å². The molecule has 2 atom stereocenters. The summed E-state index contributed by atoms with van der Waals surface area (Å²) in [5.41, 5.74) is 0.250. The maximum absolute atomic E-state index is 11.8. The summed E-state index contributed by atoms with van der Waals surface area (Å²) in [7, 11) is 0. The van der Waals surface area contributed by atoms with Crippen LogP contribution in [0.2, 0.25) is 0 Å². The quantitative estimate of drug-likeness (QED) is 0.659. The van der Waals surface area contributed by atoms with Crippen molar-refractivity contribution in [2.75, 3.05) is 0 Å². The number of hydrogen-bond donors (Lipinski definition) is 4. The number of nitrogens with zero attached hydrogens (tertiary/aromatic N) is 1. The number of hydrogen-bond acceptors (Lipinski definition) is 3. The number of aromatic nitrogens is 2. The predicted octanol–water partition coefficient (Wildman–Crippen LogP) is 1.27. The lowest BCUT2D eigenvalue weighted by atomic mass is 9.87. The van der Waals surface area contributed by atoms with E-state index in [2.05, 4.69) is 20.8 Å². The smallest absolute Gasteiger partial charge is 0.326 e. The summed E-state index contributed by atoms with van der Waals surface area (Å²) in [5, 5.41) is 20.7. The Morgan fingerprint density at radius 2 is 2.00 bits per heavy atom. The second-order valence-corrected chi connectivity index (χ2v) is 5.51. The zero-order chi connectivity index (χ0) is 14.6. The number of nitrogens with one attached hydrogen (secondary N) is 3. The van der Waals surface area contributed by atoms with Crippen LogP contribution in [0.4, 0.5) is 4.79 Å². The summed E-state index contributed by atoms with van der Waals surface area (Å²) in [6.07, 6.45) is 3.27. The fourth-order valence-electron chi connectivity index (χ4n) is 1.60. The molecule has 0 aromatic carbocycles. The van der Waals surface area contributed by atoms with Gasteiger partial charge in [0, 0.05) is 11.8 Å². The number of rotatable bonds is 4. The number of amides is 2. The van der Waals surface area contributed by atoms with E-state index in [1.165, 1.54) is 0 Å². The molecule has 0 saturated heterocycles. The molecule has 1 aromatic rings. The Kier molecular flexibility index (Phi) is 4.52. The second-order valence-electron chi connectivity index (χ2n) is 5.51. The first kappa shape index (κ1) is 15.0. The molecule has 7 nitrogen and oxygen atoms in total. The fourth-order valence-corrected chi connectivity index (χ4v) is 1.60. The molecule has 1 rings (SSSR count). The topological polar surface area (TPSA) is 107 Å². The van der Waals surface area contributed by atoms with E-state index in [4.69, 9.17) is 5.11 Å². The molecule has 0 saturated carbocycles. The van der Waals surface area contributed by atoms with Crippen LogP contribution in [-0.2, 0) is 4.79 Å². The van der Waals surface area contributed by atoms with Crippen LogP contribution < -0.4 is 10.6 Å². The average Bonchev–Trinajstić information content (AvgIpc) is 2.77. The second kappa shape index (κ2) is 5.73. The van der Waals surface area contributed by atoms with Crippen LogP contribution in [-0.4, -0.2) is 33.3 Å². The highest BCUT2D eigenvalue weighted by Gasteiger charge is 2.32. The Hall–Kier alpha value is -2.05. The molecule has 1 heterocycles. The maximum Gasteiger partial charge on any atom is 0.326 e. The van der Waals surface area contributed by atoms with Gasteiger partial charge in [0.1, 0.15) is 6.04 Å². The van der Waals surface area contributed by atoms with Gasteiger partial charge in [-0.15, -0.1) is 0 Å². The van der Waals surface area contributed by atoms with Crippen LogP contribution in [0.1, 0.15) is 39.3 Å². The van der Waals surface area contributed by atoms with Gasteiger partial charge < -0.3 is 15.7 Å². The SMILES string of the molecule is CC(NC(=O)N[C@H](C(=O)O)C(C)(C)C)c1cn[nH]c1. The lowest BCUT2D eigenvalue weighted by Crippen LogP contribution is -2.52. The standard InChI is InChI=1S/C12H20N4O3/c1-7(8-5-13-14-6-8)15-11(19)16-9(10(17)18)12(2,3)4/h5-7,9H,1-4H3,(H,13,14)(H,17,18)(H2,15,16,19)/t7?,9-/m1/s1. The third kappa shape index (κ3) is 4.27. The van der Waals surface area contributed by atoms with Gasteiger partial charge in [0.15, 0.2) is 0 Å². The molecule has 0 aliphatic heterocycles. The lowest BCUT2D eigenvalue weighted by Gasteiger charge is -2.28. The Morgan fingerprint density at radius 3 is 2.42 bits per heavy atom. The maximum atomic E-state index is 11.8. The van der Waals surface area contributed by atoms with E-state index >= 15 is 0 Å². The van der Waals surface area contributed by atoms with Crippen molar-refractivity contribution in [1.29, 1.82) is 0 Å². The molecule has 0 spiro atoms. The van der Waals surface area contributed by atoms with E-state index in [9.17, 15) is 9.59 Å². The molecule has 0 radical (unpaired) electrons. The predicted molar refractivity (Wildman–Crippen MR) is 69.5 cm³/mol. The monoisotopic (exact) mass is 268 g/mol. The zero-order valence-corrected chi connectivity index (χ0v) is 11.5. The summed E-state index contributed by atoms with van der Waals surface area (Å²) in [6, 6.07) is -1.73. The number of urea groups is 1. The van der Waals surface area contributed by atoms with Gasteiger partial charge in [-0.2, -0.15) is 5.10 Å². The first-order valence-electron chi connectivity index (χ1n) is 6.00. The minimum Gasteiger partial charge on any atom is -0.480 e. The van der Waals surface area contributed by atoms with Crippen molar-refractivity contribution < 1.29 is 14.7 Å². The lowest BCUT2D eigenvalue weighted by molar-refractivity contribution is -0.141. The van der Waals surface area contributed by atoms with Crippen LogP contribution in [0.15, 0.2) is 12.4 Å². The highest BCUT2D eigenvalue weighted by Crippen LogP contribution is 2.19. The first-order valence-corrected chi connectivity index (χ1v) is 6.00. The van der Waals surface area contributed by atoms with E-state index in [0.717, 1.165) is 5.56 Å². The van der Waals surface area contributed by atoms with Crippen molar-refractivity contribution in [2.24, 2.45) is 5.41 Å². The number of aromatic amines is 1. The summed E-state index contributed by atoms with van der Waals surface area (Å²) in [4.78, 5) is 22.9. The van der Waals surface area contributed by atoms with Crippen molar-refractivity contribution in [3.8, 4) is 0 Å². The third-order valence-corrected chi connectivity index (χ3v) is 2.76. The molecule has 0 aliphatic carbocycles. The minimum absolute atomic E-state index is 0.256. The van der Waals surface area contributed by atoms with E-state index in [-0.39, 0.29) is 6.04 Å². The van der Waals surface area contributed by atoms with Gasteiger partial charge in [-0.1, -0.05) is 20.8 Å². The average molecular weight is 268 g/mol. The minimum atomic E-state index is -1.06. The molecule has 0 fully saturated rings. The number of carboxylic acids is 1. The highest BCUT2D eigenvalue weighted by molar-refractivity contribution is 5.83. The molecule has 1 aromatic heterocycles. The van der Waals surface area contributed by atoms with Gasteiger partial charge in [0.05, 0.1) is 12.2 Å². The molecule has 19 heavy (non-hydrogen) atoms. The zero-order valence-electron chi connectivity index (χ0n) is 11.5. The van der Waals surface area contributed by atoms with Crippen molar-refractivity contribution in [1.82, 2.24) is 20.8 Å². The number of aliphatic carboxylic acids is 1. The number of carbonyl (C=O) groups is 2. The summed E-state index contributed by atoms with van der Waals surface area (Å²) in [6.45, 7) is 7.06. The molecule has 1 unspecified atom stereocenters. The Morgan fingerprint density at radius 1 is 1.37 bits per heavy atom. The van der Waals surface area contributed by atoms with Crippen LogP contribution in [0.5, 0.6) is 0 Å². The molecule has 2 amide bonds. The number of carboxylic acid groups (broad SMARTS) is 1.